The number of alkyl halides is 3. The number of benzene rings is 1. The lowest BCUT2D eigenvalue weighted by Gasteiger charge is -2.29. The van der Waals surface area contributed by atoms with Crippen LogP contribution in [0, 0.1) is 6.92 Å². The Morgan fingerprint density at radius 1 is 1.29 bits per heavy atom. The SMILES string of the molecule is Cc1csc([C@@](O)(CC(=O)N(C)Cc2ccccc2)C(F)(F)F)n1. The molecule has 1 aromatic carbocycles. The van der Waals surface area contributed by atoms with Crippen molar-refractivity contribution in [3.05, 3.63) is 52.0 Å². The summed E-state index contributed by atoms with van der Waals surface area (Å²) in [6, 6.07) is 8.89. The molecule has 2 aromatic rings. The molecule has 0 aliphatic rings. The summed E-state index contributed by atoms with van der Waals surface area (Å²) in [5.41, 5.74) is -2.13. The number of aryl methyl sites for hydroxylation is 1. The minimum atomic E-state index is -5.00. The smallest absolute Gasteiger partial charge is 0.374 e. The maximum absolute atomic E-state index is 13.4. The first-order valence-electron chi connectivity index (χ1n) is 7.13. The van der Waals surface area contributed by atoms with Crippen molar-refractivity contribution in [2.45, 2.75) is 31.7 Å². The lowest BCUT2D eigenvalue weighted by atomic mass is 9.98. The third-order valence-electron chi connectivity index (χ3n) is 3.54. The number of carbonyl (C=O) groups excluding carboxylic acids is 1. The summed E-state index contributed by atoms with van der Waals surface area (Å²) in [5.74, 6) is -0.813. The van der Waals surface area contributed by atoms with E-state index in [1.54, 1.807) is 30.3 Å². The molecule has 0 bridgehead atoms. The van der Waals surface area contributed by atoms with Gasteiger partial charge in [-0.3, -0.25) is 4.79 Å². The molecule has 8 heteroatoms. The lowest BCUT2D eigenvalue weighted by Crippen LogP contribution is -2.46. The fourth-order valence-electron chi connectivity index (χ4n) is 2.14. The second kappa shape index (κ2) is 6.90. The Kier molecular flexibility index (Phi) is 5.29. The second-order valence-electron chi connectivity index (χ2n) is 5.56. The molecular weight excluding hydrogens is 341 g/mol. The Morgan fingerprint density at radius 2 is 1.92 bits per heavy atom. The van der Waals surface area contributed by atoms with Crippen LogP contribution in [0.15, 0.2) is 35.7 Å². The molecule has 4 nitrogen and oxygen atoms in total. The van der Waals surface area contributed by atoms with Gasteiger partial charge in [-0.15, -0.1) is 11.3 Å². The molecule has 1 heterocycles. The largest absolute Gasteiger partial charge is 0.424 e. The highest BCUT2D eigenvalue weighted by molar-refractivity contribution is 7.09. The van der Waals surface area contributed by atoms with Gasteiger partial charge in [0, 0.05) is 24.7 Å². The van der Waals surface area contributed by atoms with Crippen molar-refractivity contribution in [2.75, 3.05) is 7.05 Å². The van der Waals surface area contributed by atoms with Crippen molar-refractivity contribution in [2.24, 2.45) is 0 Å². The Hall–Kier alpha value is -1.93. The first-order valence-corrected chi connectivity index (χ1v) is 8.01. The Labute approximate surface area is 141 Å². The van der Waals surface area contributed by atoms with Gasteiger partial charge in [-0.05, 0) is 12.5 Å². The fourth-order valence-corrected chi connectivity index (χ4v) is 3.05. The van der Waals surface area contributed by atoms with E-state index in [9.17, 15) is 23.1 Å². The molecular formula is C16H17F3N2O2S. The standard InChI is InChI=1S/C16H17F3N2O2S/c1-11-10-24-14(20-11)15(23,16(17,18)19)8-13(22)21(2)9-12-6-4-3-5-7-12/h3-7,10,23H,8-9H2,1-2H3/t15-/m0/s1. The number of hydrogen-bond donors (Lipinski definition) is 1. The number of rotatable bonds is 5. The van der Waals surface area contributed by atoms with E-state index in [2.05, 4.69) is 4.98 Å². The van der Waals surface area contributed by atoms with Crippen LogP contribution in [0.3, 0.4) is 0 Å². The zero-order chi connectivity index (χ0) is 18.0. The summed E-state index contributed by atoms with van der Waals surface area (Å²) in [7, 11) is 1.40. The molecule has 0 saturated carbocycles. The van der Waals surface area contributed by atoms with Crippen LogP contribution in [0.1, 0.15) is 22.7 Å². The molecule has 1 amide bonds. The van der Waals surface area contributed by atoms with E-state index in [-0.39, 0.29) is 6.54 Å². The minimum absolute atomic E-state index is 0.157. The quantitative estimate of drug-likeness (QED) is 0.893. The molecule has 0 saturated heterocycles. The van der Waals surface area contributed by atoms with Crippen molar-refractivity contribution in [1.29, 1.82) is 0 Å². The molecule has 1 atom stereocenters. The number of thiazole rings is 1. The Morgan fingerprint density at radius 3 is 2.42 bits per heavy atom. The van der Waals surface area contributed by atoms with Crippen molar-refractivity contribution in [3.63, 3.8) is 0 Å². The third-order valence-corrected chi connectivity index (χ3v) is 4.65. The molecule has 0 aliphatic carbocycles. The van der Waals surface area contributed by atoms with Crippen molar-refractivity contribution < 1.29 is 23.1 Å². The van der Waals surface area contributed by atoms with Crippen LogP contribution in [0.2, 0.25) is 0 Å². The monoisotopic (exact) mass is 358 g/mol. The van der Waals surface area contributed by atoms with Gasteiger partial charge in [0.15, 0.2) is 0 Å². The maximum Gasteiger partial charge on any atom is 0.424 e. The highest BCUT2D eigenvalue weighted by Crippen LogP contribution is 2.43. The van der Waals surface area contributed by atoms with E-state index in [1.807, 2.05) is 0 Å². The van der Waals surface area contributed by atoms with E-state index in [0.29, 0.717) is 17.0 Å². The first kappa shape index (κ1) is 18.4. The van der Waals surface area contributed by atoms with Gasteiger partial charge in [-0.2, -0.15) is 13.2 Å². The molecule has 0 spiro atoms. The number of aromatic nitrogens is 1. The third kappa shape index (κ3) is 3.93. The summed E-state index contributed by atoms with van der Waals surface area (Å²) >= 11 is 0.689. The Balaban J connectivity index is 2.19. The van der Waals surface area contributed by atoms with Crippen LogP contribution in [0.25, 0.3) is 0 Å². The molecule has 2 rings (SSSR count). The maximum atomic E-state index is 13.4. The van der Waals surface area contributed by atoms with Crippen LogP contribution >= 0.6 is 11.3 Å². The topological polar surface area (TPSA) is 53.4 Å². The number of nitrogens with zero attached hydrogens (tertiary/aromatic N) is 2. The van der Waals surface area contributed by atoms with Crippen LogP contribution < -0.4 is 0 Å². The molecule has 0 radical (unpaired) electrons. The second-order valence-corrected chi connectivity index (χ2v) is 6.42. The number of carbonyl (C=O) groups is 1. The van der Waals surface area contributed by atoms with E-state index >= 15 is 0 Å². The van der Waals surface area contributed by atoms with E-state index in [0.717, 1.165) is 10.5 Å². The van der Waals surface area contributed by atoms with Crippen LogP contribution in [-0.4, -0.2) is 34.1 Å². The average molecular weight is 358 g/mol. The zero-order valence-corrected chi connectivity index (χ0v) is 14.0. The molecule has 0 fully saturated rings. The first-order chi connectivity index (χ1) is 11.1. The van der Waals surface area contributed by atoms with Crippen LogP contribution in [0.4, 0.5) is 13.2 Å². The van der Waals surface area contributed by atoms with E-state index in [1.165, 1.54) is 19.4 Å². The van der Waals surface area contributed by atoms with Gasteiger partial charge < -0.3 is 10.0 Å². The van der Waals surface area contributed by atoms with E-state index in [4.69, 9.17) is 0 Å². The minimum Gasteiger partial charge on any atom is -0.374 e. The molecule has 24 heavy (non-hydrogen) atoms. The van der Waals surface area contributed by atoms with Crippen molar-refractivity contribution >= 4 is 17.2 Å². The van der Waals surface area contributed by atoms with Gasteiger partial charge in [0.25, 0.3) is 0 Å². The van der Waals surface area contributed by atoms with Crippen molar-refractivity contribution in [1.82, 2.24) is 9.88 Å². The normalized spacial score (nSPS) is 14.2. The number of hydrogen-bond acceptors (Lipinski definition) is 4. The predicted molar refractivity (Wildman–Crippen MR) is 84.3 cm³/mol. The summed E-state index contributed by atoms with van der Waals surface area (Å²) in [5, 5.41) is 11.1. The van der Waals surface area contributed by atoms with Crippen LogP contribution in [0.5, 0.6) is 0 Å². The molecule has 1 aromatic heterocycles. The highest BCUT2D eigenvalue weighted by Gasteiger charge is 2.58. The summed E-state index contributed by atoms with van der Waals surface area (Å²) in [4.78, 5) is 17.1. The summed E-state index contributed by atoms with van der Waals surface area (Å²) < 4.78 is 40.2. The Bertz CT molecular complexity index is 703. The molecule has 0 unspecified atom stereocenters. The lowest BCUT2D eigenvalue weighted by molar-refractivity contribution is -0.268. The summed E-state index contributed by atoms with van der Waals surface area (Å²) in [6.45, 7) is 1.69. The fraction of sp³-hybridized carbons (Fsp3) is 0.375. The molecule has 1 N–H and O–H groups in total. The molecule has 130 valence electrons. The van der Waals surface area contributed by atoms with Gasteiger partial charge >= 0.3 is 6.18 Å². The van der Waals surface area contributed by atoms with Crippen LogP contribution in [-0.2, 0) is 16.9 Å². The van der Waals surface area contributed by atoms with Gasteiger partial charge in [0.05, 0.1) is 6.42 Å². The predicted octanol–water partition coefficient (Wildman–Crippen LogP) is 3.25. The number of aliphatic hydroxyl groups is 1. The van der Waals surface area contributed by atoms with Gasteiger partial charge in [-0.25, -0.2) is 4.98 Å². The molecule has 0 aliphatic heterocycles. The van der Waals surface area contributed by atoms with Gasteiger partial charge in [0.2, 0.25) is 11.5 Å². The number of halogens is 3. The summed E-state index contributed by atoms with van der Waals surface area (Å²) in [6.07, 6.45) is -6.10. The zero-order valence-electron chi connectivity index (χ0n) is 13.2. The van der Waals surface area contributed by atoms with Crippen molar-refractivity contribution in [3.8, 4) is 0 Å². The van der Waals surface area contributed by atoms with E-state index < -0.39 is 29.1 Å². The number of amides is 1. The average Bonchev–Trinajstić information content (AvgIpc) is 2.94. The van der Waals surface area contributed by atoms with Gasteiger partial charge in [-0.1, -0.05) is 30.3 Å². The van der Waals surface area contributed by atoms with Gasteiger partial charge in [0.1, 0.15) is 5.01 Å². The highest BCUT2D eigenvalue weighted by atomic mass is 32.1.